The molecule has 3 aromatic rings. The van der Waals surface area contributed by atoms with Gasteiger partial charge in [-0.2, -0.15) is 0 Å². The minimum absolute atomic E-state index is 0.172. The summed E-state index contributed by atoms with van der Waals surface area (Å²) in [6.45, 7) is 3.67. The van der Waals surface area contributed by atoms with Gasteiger partial charge >= 0.3 is 0 Å². The maximum Gasteiger partial charge on any atom is 0.213 e. The second kappa shape index (κ2) is 7.47. The number of aromatic nitrogens is 4. The smallest absolute Gasteiger partial charge is 0.213 e. The largest absolute Gasteiger partial charge is 0.474 e. The lowest BCUT2D eigenvalue weighted by molar-refractivity contribution is 0.139. The Kier molecular flexibility index (Phi) is 4.88. The molecule has 0 saturated heterocycles. The quantitative estimate of drug-likeness (QED) is 0.681. The summed E-state index contributed by atoms with van der Waals surface area (Å²) in [5, 5.41) is 8.67. The van der Waals surface area contributed by atoms with E-state index in [-0.39, 0.29) is 11.9 Å². The molecule has 0 radical (unpaired) electrons. The molecule has 0 bridgehead atoms. The molecule has 1 aliphatic rings. The molecule has 140 valence electrons. The SMILES string of the molecule is Cc1ccc(-n2c(C)nnc2C2CCC(Oc3ccccn3)CC2)cc1F. The number of pyridine rings is 1. The number of ether oxygens (including phenoxy) is 1. The van der Waals surface area contributed by atoms with Gasteiger partial charge < -0.3 is 4.74 Å². The zero-order chi connectivity index (χ0) is 18.8. The Hall–Kier alpha value is -2.76. The molecule has 6 heteroatoms. The molecule has 1 fully saturated rings. The third kappa shape index (κ3) is 3.70. The number of hydrogen-bond acceptors (Lipinski definition) is 4. The van der Waals surface area contributed by atoms with Gasteiger partial charge in [0, 0.05) is 18.2 Å². The molecule has 5 nitrogen and oxygen atoms in total. The van der Waals surface area contributed by atoms with Gasteiger partial charge in [-0.05, 0) is 63.3 Å². The zero-order valence-corrected chi connectivity index (χ0v) is 15.6. The van der Waals surface area contributed by atoms with Crippen molar-refractivity contribution in [1.29, 1.82) is 0 Å². The van der Waals surface area contributed by atoms with E-state index in [1.165, 1.54) is 0 Å². The van der Waals surface area contributed by atoms with Gasteiger partial charge in [-0.1, -0.05) is 12.1 Å². The second-order valence-electron chi connectivity index (χ2n) is 7.13. The maximum atomic E-state index is 14.1. The third-order valence-electron chi connectivity index (χ3n) is 5.23. The van der Waals surface area contributed by atoms with Crippen molar-refractivity contribution in [3.05, 3.63) is 65.6 Å². The van der Waals surface area contributed by atoms with Gasteiger partial charge in [0.2, 0.25) is 5.88 Å². The maximum absolute atomic E-state index is 14.1. The van der Waals surface area contributed by atoms with Crippen LogP contribution in [0.5, 0.6) is 5.88 Å². The molecule has 1 saturated carbocycles. The Balaban J connectivity index is 1.50. The van der Waals surface area contributed by atoms with Gasteiger partial charge in [-0.25, -0.2) is 9.37 Å². The average Bonchev–Trinajstić information content (AvgIpc) is 3.07. The first-order valence-electron chi connectivity index (χ1n) is 9.38. The molecule has 27 heavy (non-hydrogen) atoms. The number of hydrogen-bond donors (Lipinski definition) is 0. The molecule has 0 atom stereocenters. The van der Waals surface area contributed by atoms with Gasteiger partial charge in [0.05, 0.1) is 5.69 Å². The highest BCUT2D eigenvalue weighted by atomic mass is 19.1. The van der Waals surface area contributed by atoms with E-state index in [1.807, 2.05) is 35.8 Å². The molecular weight excluding hydrogens is 343 g/mol. The molecule has 0 unspecified atom stereocenters. The highest BCUT2D eigenvalue weighted by Gasteiger charge is 2.28. The average molecular weight is 366 g/mol. The van der Waals surface area contributed by atoms with E-state index in [9.17, 15) is 4.39 Å². The molecule has 0 spiro atoms. The van der Waals surface area contributed by atoms with E-state index in [4.69, 9.17) is 4.74 Å². The number of rotatable bonds is 4. The molecule has 2 heterocycles. The van der Waals surface area contributed by atoms with Gasteiger partial charge in [0.1, 0.15) is 23.6 Å². The van der Waals surface area contributed by atoms with Crippen LogP contribution in [0.3, 0.4) is 0 Å². The minimum Gasteiger partial charge on any atom is -0.474 e. The topological polar surface area (TPSA) is 52.8 Å². The number of halogens is 1. The van der Waals surface area contributed by atoms with Crippen molar-refractivity contribution in [2.75, 3.05) is 0 Å². The lowest BCUT2D eigenvalue weighted by atomic mass is 9.86. The lowest BCUT2D eigenvalue weighted by Crippen LogP contribution is -2.25. The summed E-state index contributed by atoms with van der Waals surface area (Å²) < 4.78 is 22.0. The fraction of sp³-hybridized carbons (Fsp3) is 0.381. The number of aryl methyl sites for hydroxylation is 2. The van der Waals surface area contributed by atoms with Crippen LogP contribution >= 0.6 is 0 Å². The summed E-state index contributed by atoms with van der Waals surface area (Å²) in [5.41, 5.74) is 1.42. The monoisotopic (exact) mass is 366 g/mol. The van der Waals surface area contributed by atoms with Crippen LogP contribution in [0.4, 0.5) is 4.39 Å². The Morgan fingerprint density at radius 1 is 1.04 bits per heavy atom. The van der Waals surface area contributed by atoms with E-state index in [2.05, 4.69) is 15.2 Å². The predicted molar refractivity (Wildman–Crippen MR) is 101 cm³/mol. The van der Waals surface area contributed by atoms with Crippen LogP contribution in [0.15, 0.2) is 42.6 Å². The number of nitrogens with zero attached hydrogens (tertiary/aromatic N) is 4. The highest BCUT2D eigenvalue weighted by molar-refractivity contribution is 5.38. The Labute approximate surface area is 158 Å². The molecule has 1 aliphatic carbocycles. The van der Waals surface area contributed by atoms with Crippen LogP contribution in [-0.2, 0) is 0 Å². The molecule has 0 amide bonds. The normalized spacial score (nSPS) is 19.8. The summed E-state index contributed by atoms with van der Waals surface area (Å²) in [5.74, 6) is 2.44. The number of benzene rings is 1. The second-order valence-corrected chi connectivity index (χ2v) is 7.13. The van der Waals surface area contributed by atoms with Crippen LogP contribution in [0, 0.1) is 19.7 Å². The Bertz CT molecular complexity index is 917. The fourth-order valence-electron chi connectivity index (χ4n) is 3.71. The highest BCUT2D eigenvalue weighted by Crippen LogP contribution is 2.35. The van der Waals surface area contributed by atoms with E-state index in [0.717, 1.165) is 43.0 Å². The van der Waals surface area contributed by atoms with Crippen LogP contribution < -0.4 is 4.74 Å². The van der Waals surface area contributed by atoms with Crippen molar-refractivity contribution in [2.24, 2.45) is 0 Å². The molecule has 0 N–H and O–H groups in total. The molecule has 1 aromatic carbocycles. The third-order valence-corrected chi connectivity index (χ3v) is 5.23. The van der Waals surface area contributed by atoms with Crippen molar-refractivity contribution in [2.45, 2.75) is 51.6 Å². The van der Waals surface area contributed by atoms with Crippen molar-refractivity contribution in [1.82, 2.24) is 19.7 Å². The fourth-order valence-corrected chi connectivity index (χ4v) is 3.71. The van der Waals surface area contributed by atoms with Gasteiger partial charge in [0.15, 0.2) is 0 Å². The van der Waals surface area contributed by atoms with E-state index in [1.54, 1.807) is 25.3 Å². The van der Waals surface area contributed by atoms with Crippen LogP contribution in [0.25, 0.3) is 5.69 Å². The van der Waals surface area contributed by atoms with E-state index < -0.39 is 0 Å². The summed E-state index contributed by atoms with van der Waals surface area (Å²) in [4.78, 5) is 4.24. The van der Waals surface area contributed by atoms with Gasteiger partial charge in [0.25, 0.3) is 0 Å². The summed E-state index contributed by atoms with van der Waals surface area (Å²) >= 11 is 0. The van der Waals surface area contributed by atoms with Crippen molar-refractivity contribution < 1.29 is 9.13 Å². The van der Waals surface area contributed by atoms with E-state index >= 15 is 0 Å². The Morgan fingerprint density at radius 2 is 1.85 bits per heavy atom. The van der Waals surface area contributed by atoms with Crippen LogP contribution in [-0.4, -0.2) is 25.9 Å². The van der Waals surface area contributed by atoms with Crippen LogP contribution in [0.2, 0.25) is 0 Å². The molecule has 0 aliphatic heterocycles. The minimum atomic E-state index is -0.209. The first-order chi connectivity index (χ1) is 13.1. The summed E-state index contributed by atoms with van der Waals surface area (Å²) in [6, 6.07) is 11.0. The first kappa shape index (κ1) is 17.6. The van der Waals surface area contributed by atoms with Crippen LogP contribution in [0.1, 0.15) is 48.8 Å². The predicted octanol–water partition coefficient (Wildman–Crippen LogP) is 4.52. The first-order valence-corrected chi connectivity index (χ1v) is 9.38. The van der Waals surface area contributed by atoms with Crippen molar-refractivity contribution in [3.63, 3.8) is 0 Å². The Morgan fingerprint density at radius 3 is 2.56 bits per heavy atom. The molecular formula is C21H23FN4O. The zero-order valence-electron chi connectivity index (χ0n) is 15.6. The lowest BCUT2D eigenvalue weighted by Gasteiger charge is -2.28. The molecule has 2 aromatic heterocycles. The summed E-state index contributed by atoms with van der Waals surface area (Å²) in [6.07, 6.45) is 5.72. The van der Waals surface area contributed by atoms with Crippen molar-refractivity contribution in [3.8, 4) is 11.6 Å². The van der Waals surface area contributed by atoms with Crippen molar-refractivity contribution >= 4 is 0 Å². The molecule has 4 rings (SSSR count). The standard InChI is InChI=1S/C21H23FN4O/c1-14-6-9-17(13-19(14)22)26-15(2)24-25-21(26)16-7-10-18(11-8-16)27-20-5-3-4-12-23-20/h3-6,9,12-13,16,18H,7-8,10-11H2,1-2H3. The van der Waals surface area contributed by atoms with Gasteiger partial charge in [-0.3, -0.25) is 4.57 Å². The summed E-state index contributed by atoms with van der Waals surface area (Å²) in [7, 11) is 0. The van der Waals surface area contributed by atoms with Gasteiger partial charge in [-0.15, -0.1) is 10.2 Å². The van der Waals surface area contributed by atoms with E-state index in [0.29, 0.717) is 17.4 Å².